The zero-order valence-corrected chi connectivity index (χ0v) is 11.6. The van der Waals surface area contributed by atoms with E-state index in [1.807, 2.05) is 25.1 Å². The molecule has 1 aromatic rings. The quantitative estimate of drug-likeness (QED) is 0.883. The van der Waals surface area contributed by atoms with Gasteiger partial charge in [-0.05, 0) is 56.5 Å². The highest BCUT2D eigenvalue weighted by Gasteiger charge is 2.16. The van der Waals surface area contributed by atoms with Gasteiger partial charge in [0.1, 0.15) is 0 Å². The summed E-state index contributed by atoms with van der Waals surface area (Å²) in [5, 5.41) is 6.20. The second-order valence-electron chi connectivity index (χ2n) is 4.51. The molecule has 0 spiro atoms. The third-order valence-electron chi connectivity index (χ3n) is 3.30. The summed E-state index contributed by atoms with van der Waals surface area (Å²) in [6.07, 6.45) is 2.33. The van der Waals surface area contributed by atoms with Crippen LogP contribution in [0.2, 0.25) is 0 Å². The Hall–Kier alpha value is -1.06. The number of hydrogen-bond acceptors (Lipinski definition) is 2. The minimum absolute atomic E-state index is 0. The summed E-state index contributed by atoms with van der Waals surface area (Å²) in [7, 11) is 0. The van der Waals surface area contributed by atoms with Gasteiger partial charge in [-0.3, -0.25) is 4.79 Å². The number of carbonyl (C=O) groups excluding carboxylic acids is 1. The Balaban J connectivity index is 0.00000162. The summed E-state index contributed by atoms with van der Waals surface area (Å²) in [5.41, 5.74) is 2.08. The first kappa shape index (κ1) is 15.0. The van der Waals surface area contributed by atoms with Crippen molar-refractivity contribution in [1.82, 2.24) is 10.6 Å². The van der Waals surface area contributed by atoms with Crippen LogP contribution in [0.5, 0.6) is 0 Å². The van der Waals surface area contributed by atoms with Crippen molar-refractivity contribution in [3.63, 3.8) is 0 Å². The maximum absolute atomic E-state index is 11.8. The number of hydrogen-bond donors (Lipinski definition) is 2. The van der Waals surface area contributed by atoms with Gasteiger partial charge in [-0.2, -0.15) is 0 Å². The van der Waals surface area contributed by atoms with E-state index in [2.05, 4.69) is 16.7 Å². The summed E-state index contributed by atoms with van der Waals surface area (Å²) in [5.74, 6) is 0.633. The van der Waals surface area contributed by atoms with Crippen molar-refractivity contribution in [3.05, 3.63) is 35.4 Å². The predicted octanol–water partition coefficient (Wildman–Crippen LogP) is 2.33. The number of amides is 1. The van der Waals surface area contributed by atoms with Gasteiger partial charge in [-0.25, -0.2) is 0 Å². The minimum atomic E-state index is 0. The van der Waals surface area contributed by atoms with Crippen molar-refractivity contribution in [2.24, 2.45) is 0 Å². The van der Waals surface area contributed by atoms with Crippen molar-refractivity contribution in [3.8, 4) is 0 Å². The van der Waals surface area contributed by atoms with E-state index in [0.717, 1.165) is 18.7 Å². The van der Waals surface area contributed by atoms with E-state index in [-0.39, 0.29) is 18.3 Å². The van der Waals surface area contributed by atoms with E-state index in [1.54, 1.807) is 0 Å². The molecule has 100 valence electrons. The topological polar surface area (TPSA) is 41.1 Å². The van der Waals surface area contributed by atoms with Crippen LogP contribution in [0, 0.1) is 0 Å². The zero-order chi connectivity index (χ0) is 12.1. The van der Waals surface area contributed by atoms with Crippen LogP contribution in [0.3, 0.4) is 0 Å². The molecule has 1 saturated heterocycles. The van der Waals surface area contributed by atoms with Crippen LogP contribution in [0.25, 0.3) is 0 Å². The molecule has 18 heavy (non-hydrogen) atoms. The first-order chi connectivity index (χ1) is 8.31. The fourth-order valence-corrected chi connectivity index (χ4v) is 2.35. The molecule has 2 N–H and O–H groups in total. The molecular formula is C14H21ClN2O. The number of halogens is 1. The van der Waals surface area contributed by atoms with E-state index in [9.17, 15) is 4.79 Å². The molecule has 1 aromatic carbocycles. The van der Waals surface area contributed by atoms with Crippen LogP contribution in [-0.2, 0) is 0 Å². The zero-order valence-electron chi connectivity index (χ0n) is 10.7. The second kappa shape index (κ2) is 7.39. The summed E-state index contributed by atoms with van der Waals surface area (Å²) in [6.45, 7) is 4.77. The van der Waals surface area contributed by atoms with Crippen molar-refractivity contribution in [2.45, 2.75) is 25.7 Å². The van der Waals surface area contributed by atoms with Gasteiger partial charge in [-0.15, -0.1) is 12.4 Å². The molecule has 0 aromatic heterocycles. The molecule has 1 heterocycles. The Morgan fingerprint density at radius 2 is 2.11 bits per heavy atom. The molecule has 1 fully saturated rings. The molecule has 1 amide bonds. The van der Waals surface area contributed by atoms with Crippen LogP contribution in [0.15, 0.2) is 24.3 Å². The molecule has 0 bridgehead atoms. The van der Waals surface area contributed by atoms with Crippen LogP contribution in [-0.4, -0.2) is 25.5 Å². The van der Waals surface area contributed by atoms with Gasteiger partial charge in [0.05, 0.1) is 0 Å². The average molecular weight is 269 g/mol. The van der Waals surface area contributed by atoms with Crippen LogP contribution >= 0.6 is 12.4 Å². The monoisotopic (exact) mass is 268 g/mol. The van der Waals surface area contributed by atoms with Gasteiger partial charge in [0.25, 0.3) is 5.91 Å². The summed E-state index contributed by atoms with van der Waals surface area (Å²) in [4.78, 5) is 11.8. The highest BCUT2D eigenvalue weighted by Crippen LogP contribution is 2.25. The number of nitrogens with one attached hydrogen (secondary N) is 2. The number of piperidine rings is 1. The third kappa shape index (κ3) is 3.72. The number of carbonyl (C=O) groups is 1. The SMILES string of the molecule is CCNC(=O)c1cccc(C2CCNCC2)c1.Cl. The predicted molar refractivity (Wildman–Crippen MR) is 76.5 cm³/mol. The molecule has 0 radical (unpaired) electrons. The minimum Gasteiger partial charge on any atom is -0.352 e. The molecular weight excluding hydrogens is 248 g/mol. The van der Waals surface area contributed by atoms with E-state index in [4.69, 9.17) is 0 Å². The van der Waals surface area contributed by atoms with E-state index in [1.165, 1.54) is 18.4 Å². The van der Waals surface area contributed by atoms with Gasteiger partial charge in [0, 0.05) is 12.1 Å². The lowest BCUT2D eigenvalue weighted by molar-refractivity contribution is 0.0955. The molecule has 1 aliphatic heterocycles. The smallest absolute Gasteiger partial charge is 0.251 e. The first-order valence-corrected chi connectivity index (χ1v) is 6.40. The van der Waals surface area contributed by atoms with Crippen molar-refractivity contribution >= 4 is 18.3 Å². The molecule has 0 atom stereocenters. The molecule has 0 saturated carbocycles. The third-order valence-corrected chi connectivity index (χ3v) is 3.30. The average Bonchev–Trinajstić information content (AvgIpc) is 2.40. The fourth-order valence-electron chi connectivity index (χ4n) is 2.35. The Kier molecular flexibility index (Phi) is 6.16. The Morgan fingerprint density at radius 3 is 2.78 bits per heavy atom. The standard InChI is InChI=1S/C14H20N2O.ClH/c1-2-16-14(17)13-5-3-4-12(10-13)11-6-8-15-9-7-11;/h3-5,10-11,15H,2,6-9H2,1H3,(H,16,17);1H. The highest BCUT2D eigenvalue weighted by molar-refractivity contribution is 5.94. The highest BCUT2D eigenvalue weighted by atomic mass is 35.5. The molecule has 3 nitrogen and oxygen atoms in total. The van der Waals surface area contributed by atoms with Crippen molar-refractivity contribution in [2.75, 3.05) is 19.6 Å². The van der Waals surface area contributed by atoms with Crippen LogP contribution in [0.1, 0.15) is 41.6 Å². The molecule has 2 rings (SSSR count). The Bertz CT molecular complexity index is 389. The largest absolute Gasteiger partial charge is 0.352 e. The molecule has 4 heteroatoms. The van der Waals surface area contributed by atoms with Gasteiger partial charge in [0.2, 0.25) is 0 Å². The second-order valence-corrected chi connectivity index (χ2v) is 4.51. The van der Waals surface area contributed by atoms with E-state index in [0.29, 0.717) is 12.5 Å². The van der Waals surface area contributed by atoms with Gasteiger partial charge in [-0.1, -0.05) is 12.1 Å². The number of rotatable bonds is 3. The van der Waals surface area contributed by atoms with Crippen molar-refractivity contribution in [1.29, 1.82) is 0 Å². The molecule has 0 unspecified atom stereocenters. The summed E-state index contributed by atoms with van der Waals surface area (Å²) < 4.78 is 0. The number of benzene rings is 1. The lowest BCUT2D eigenvalue weighted by Gasteiger charge is -2.23. The first-order valence-electron chi connectivity index (χ1n) is 6.40. The van der Waals surface area contributed by atoms with Crippen molar-refractivity contribution < 1.29 is 4.79 Å². The van der Waals surface area contributed by atoms with Gasteiger partial charge in [0.15, 0.2) is 0 Å². The molecule has 0 aliphatic carbocycles. The molecule has 1 aliphatic rings. The van der Waals surface area contributed by atoms with E-state index < -0.39 is 0 Å². The fraction of sp³-hybridized carbons (Fsp3) is 0.500. The normalized spacial score (nSPS) is 15.8. The maximum Gasteiger partial charge on any atom is 0.251 e. The summed E-state index contributed by atoms with van der Waals surface area (Å²) in [6, 6.07) is 8.05. The van der Waals surface area contributed by atoms with Gasteiger partial charge >= 0.3 is 0 Å². The van der Waals surface area contributed by atoms with Gasteiger partial charge < -0.3 is 10.6 Å². The van der Waals surface area contributed by atoms with Crippen LogP contribution < -0.4 is 10.6 Å². The lowest BCUT2D eigenvalue weighted by atomic mass is 9.89. The summed E-state index contributed by atoms with van der Waals surface area (Å²) >= 11 is 0. The van der Waals surface area contributed by atoms with Crippen LogP contribution in [0.4, 0.5) is 0 Å². The lowest BCUT2D eigenvalue weighted by Crippen LogP contribution is -2.27. The van der Waals surface area contributed by atoms with E-state index >= 15 is 0 Å². The Morgan fingerprint density at radius 1 is 1.39 bits per heavy atom. The maximum atomic E-state index is 11.8. The Labute approximate surface area is 115 Å².